The number of fused-ring (bicyclic) bond motifs is 1. The lowest BCUT2D eigenvalue weighted by atomic mass is 9.93. The molecular formula is C46H41F4N7O7S. The van der Waals surface area contributed by atoms with Crippen molar-refractivity contribution >= 4 is 64.1 Å². The summed E-state index contributed by atoms with van der Waals surface area (Å²) in [5.41, 5.74) is -3.57. The van der Waals surface area contributed by atoms with Gasteiger partial charge in [0.15, 0.2) is 17.5 Å². The number of piperidine rings is 3. The van der Waals surface area contributed by atoms with Crippen LogP contribution in [0.1, 0.15) is 89.8 Å². The Labute approximate surface area is 376 Å². The third-order valence-electron chi connectivity index (χ3n) is 12.6. The number of halogens is 4. The second-order valence-corrected chi connectivity index (χ2v) is 17.3. The predicted octanol–water partition coefficient (Wildman–Crippen LogP) is 5.17. The number of nitrogens with zero attached hydrogens (tertiary/aromatic N) is 6. The number of nitrogens with one attached hydrogen (secondary N) is 1. The van der Waals surface area contributed by atoms with Gasteiger partial charge in [0.1, 0.15) is 22.9 Å². The zero-order valence-electron chi connectivity index (χ0n) is 35.2. The summed E-state index contributed by atoms with van der Waals surface area (Å²) >= 11 is 5.55. The highest BCUT2D eigenvalue weighted by molar-refractivity contribution is 7.81. The number of carbonyl (C=O) groups excluding carboxylic acids is 6. The molecule has 1 unspecified atom stereocenters. The van der Waals surface area contributed by atoms with Gasteiger partial charge >= 0.3 is 6.18 Å². The fourth-order valence-corrected chi connectivity index (χ4v) is 9.67. The summed E-state index contributed by atoms with van der Waals surface area (Å²) in [6, 6.07) is 13.6. The first kappa shape index (κ1) is 44.9. The van der Waals surface area contributed by atoms with E-state index in [1.165, 1.54) is 36.9 Å². The van der Waals surface area contributed by atoms with Crippen LogP contribution in [0.15, 0.2) is 54.6 Å². The Balaban J connectivity index is 0.818. The molecule has 1 atom stereocenters. The molecule has 0 bridgehead atoms. The largest absolute Gasteiger partial charge is 0.483 e. The molecule has 0 radical (unpaired) electrons. The van der Waals surface area contributed by atoms with Gasteiger partial charge in [-0.05, 0) is 120 Å². The first-order chi connectivity index (χ1) is 30.9. The van der Waals surface area contributed by atoms with Crippen molar-refractivity contribution in [3.63, 3.8) is 0 Å². The molecule has 0 aromatic heterocycles. The third kappa shape index (κ3) is 8.30. The number of ether oxygens (including phenoxy) is 1. The number of anilines is 2. The number of imide groups is 2. The van der Waals surface area contributed by atoms with E-state index in [1.807, 2.05) is 0 Å². The van der Waals surface area contributed by atoms with Crippen molar-refractivity contribution in [2.75, 3.05) is 42.6 Å². The van der Waals surface area contributed by atoms with Gasteiger partial charge in [0.2, 0.25) is 11.8 Å². The summed E-state index contributed by atoms with van der Waals surface area (Å²) in [5, 5.41) is 11.1. The summed E-state index contributed by atoms with van der Waals surface area (Å²) in [6.45, 7) is 5.42. The molecule has 0 saturated carbocycles. The molecule has 3 aromatic carbocycles. The van der Waals surface area contributed by atoms with E-state index in [9.17, 15) is 47.2 Å². The number of amides is 6. The first-order valence-electron chi connectivity index (χ1n) is 21.0. The summed E-state index contributed by atoms with van der Waals surface area (Å²) < 4.78 is 62.5. The lowest BCUT2D eigenvalue weighted by Gasteiger charge is -2.41. The van der Waals surface area contributed by atoms with Crippen LogP contribution in [0, 0.1) is 34.9 Å². The molecule has 65 heavy (non-hydrogen) atoms. The second kappa shape index (κ2) is 17.4. The summed E-state index contributed by atoms with van der Waals surface area (Å²) in [5.74, 6) is 1.47. The lowest BCUT2D eigenvalue weighted by Crippen LogP contribution is -2.54. The van der Waals surface area contributed by atoms with Crippen LogP contribution >= 0.6 is 12.2 Å². The van der Waals surface area contributed by atoms with Crippen molar-refractivity contribution in [2.24, 2.45) is 5.92 Å². The highest BCUT2D eigenvalue weighted by Crippen LogP contribution is 2.42. The van der Waals surface area contributed by atoms with Crippen LogP contribution in [0.4, 0.5) is 28.9 Å². The van der Waals surface area contributed by atoms with Crippen LogP contribution < -0.4 is 19.9 Å². The quantitative estimate of drug-likeness (QED) is 0.144. The van der Waals surface area contributed by atoms with Crippen LogP contribution in [-0.4, -0.2) is 106 Å². The zero-order valence-corrected chi connectivity index (χ0v) is 36.0. The lowest BCUT2D eigenvalue weighted by molar-refractivity contribution is -0.140. The minimum atomic E-state index is -5.18. The maximum atomic E-state index is 15.4. The van der Waals surface area contributed by atoms with Gasteiger partial charge < -0.3 is 19.4 Å². The summed E-state index contributed by atoms with van der Waals surface area (Å²) in [6.07, 6.45) is -1.95. The van der Waals surface area contributed by atoms with Crippen molar-refractivity contribution in [3.8, 4) is 23.7 Å². The molecule has 5 heterocycles. The van der Waals surface area contributed by atoms with E-state index in [0.29, 0.717) is 24.3 Å². The highest BCUT2D eigenvalue weighted by atomic mass is 32.1. The standard InChI is InChI=1S/C46H41F4N7O7S/c1-45(2)43(63)56(32-13-10-28(24-51)38(39(32)47)46(48,49)50)44(65)57(45)30-11-8-26(9-12-30)6-7-27-16-20-53(21-17-27)29-18-22-54(23-19-29)36(59)25-64-34-5-3-4-31-37(34)42(62)55(41(31)61)33-14-15-35(58)52-40(33)60/h3-5,8-13,27,29,33H,14-23,25H2,1-2H3,(H,52,58,60). The Morgan fingerprint density at radius 2 is 1.62 bits per heavy atom. The molecule has 6 amide bonds. The number of benzene rings is 3. The molecule has 14 nitrogen and oxygen atoms in total. The second-order valence-electron chi connectivity index (χ2n) is 16.9. The van der Waals surface area contributed by atoms with E-state index >= 15 is 4.39 Å². The third-order valence-corrected chi connectivity index (χ3v) is 13.0. The molecule has 0 spiro atoms. The Bertz CT molecular complexity index is 2640. The highest BCUT2D eigenvalue weighted by Gasteiger charge is 2.52. The molecule has 3 aromatic rings. The Morgan fingerprint density at radius 1 is 0.923 bits per heavy atom. The van der Waals surface area contributed by atoms with Crippen LogP contribution in [0.3, 0.4) is 0 Å². The fraction of sp³-hybridized carbons (Fsp3) is 0.391. The van der Waals surface area contributed by atoms with Gasteiger partial charge in [0, 0.05) is 42.7 Å². The van der Waals surface area contributed by atoms with Crippen LogP contribution in [-0.2, 0) is 25.4 Å². The normalized spacial score (nSPS) is 20.7. The van der Waals surface area contributed by atoms with Gasteiger partial charge in [-0.3, -0.25) is 43.9 Å². The Morgan fingerprint density at radius 3 is 2.26 bits per heavy atom. The minimum Gasteiger partial charge on any atom is -0.483 e. The molecule has 5 aliphatic heterocycles. The number of carbonyl (C=O) groups is 6. The molecule has 0 aliphatic carbocycles. The molecule has 5 aliphatic rings. The van der Waals surface area contributed by atoms with Crippen molar-refractivity contribution in [2.45, 2.75) is 76.2 Å². The topological polar surface area (TPSA) is 164 Å². The van der Waals surface area contributed by atoms with E-state index in [-0.39, 0.29) is 59.3 Å². The number of hydrogen-bond donors (Lipinski definition) is 1. The predicted molar refractivity (Wildman–Crippen MR) is 229 cm³/mol. The smallest absolute Gasteiger partial charge is 0.420 e. The maximum absolute atomic E-state index is 15.4. The first-order valence-corrected chi connectivity index (χ1v) is 21.4. The van der Waals surface area contributed by atoms with Gasteiger partial charge in [-0.15, -0.1) is 0 Å². The average molecular weight is 912 g/mol. The SMILES string of the molecule is CC1(C)C(=O)N(c2ccc(C#N)c(C(F)(F)F)c2F)C(=S)N1c1ccc(C#CC2CCN(C3CCN(C(=O)COc4cccc5c4C(=O)N(C4CCC(=O)NC4=O)C5=O)CC3)CC2)cc1. The van der Waals surface area contributed by atoms with Crippen LogP contribution in [0.2, 0.25) is 0 Å². The monoisotopic (exact) mass is 911 g/mol. The zero-order chi connectivity index (χ0) is 46.5. The van der Waals surface area contributed by atoms with Gasteiger partial charge in [-0.1, -0.05) is 17.9 Å². The minimum absolute atomic E-state index is 0.00365. The molecular weight excluding hydrogens is 871 g/mol. The molecule has 1 N–H and O–H groups in total. The molecule has 19 heteroatoms. The van der Waals surface area contributed by atoms with Crippen molar-refractivity contribution in [1.29, 1.82) is 5.26 Å². The van der Waals surface area contributed by atoms with Gasteiger partial charge in [0.25, 0.3) is 23.6 Å². The Hall–Kier alpha value is -6.70. The van der Waals surface area contributed by atoms with Crippen LogP contribution in [0.5, 0.6) is 5.75 Å². The number of alkyl halides is 3. The number of rotatable bonds is 7. The molecule has 336 valence electrons. The number of hydrogen-bond acceptors (Lipinski definition) is 10. The molecule has 4 saturated heterocycles. The van der Waals surface area contributed by atoms with Crippen LogP contribution in [0.25, 0.3) is 0 Å². The number of thiocarbonyl (C=S) groups is 1. The van der Waals surface area contributed by atoms with Crippen molar-refractivity contribution in [1.82, 2.24) is 20.0 Å². The number of likely N-dealkylation sites (tertiary alicyclic amines) is 2. The molecule has 8 rings (SSSR count). The summed E-state index contributed by atoms with van der Waals surface area (Å²) in [4.78, 5) is 84.6. The van der Waals surface area contributed by atoms with Crippen molar-refractivity contribution < 1.29 is 51.1 Å². The molecule has 4 fully saturated rings. The van der Waals surface area contributed by atoms with Gasteiger partial charge in [-0.2, -0.15) is 18.4 Å². The Kier molecular flexibility index (Phi) is 12.0. The van der Waals surface area contributed by atoms with E-state index in [1.54, 1.807) is 35.2 Å². The maximum Gasteiger partial charge on any atom is 0.420 e. The average Bonchev–Trinajstić information content (AvgIpc) is 3.63. The van der Waals surface area contributed by atoms with E-state index < -0.39 is 69.9 Å². The van der Waals surface area contributed by atoms with Gasteiger partial charge in [0.05, 0.1) is 28.4 Å². The number of nitriles is 1. The van der Waals surface area contributed by atoms with E-state index in [0.717, 1.165) is 60.7 Å². The van der Waals surface area contributed by atoms with Crippen molar-refractivity contribution in [3.05, 3.63) is 88.2 Å². The van der Waals surface area contributed by atoms with Gasteiger partial charge in [-0.25, -0.2) is 4.39 Å². The fourth-order valence-electron chi connectivity index (χ4n) is 9.15. The van der Waals surface area contributed by atoms with E-state index in [4.69, 9.17) is 17.0 Å². The summed E-state index contributed by atoms with van der Waals surface area (Å²) in [7, 11) is 0. The van der Waals surface area contributed by atoms with E-state index in [2.05, 4.69) is 22.1 Å².